The Kier molecular flexibility index (Phi) is 6.72. The zero-order valence-corrected chi connectivity index (χ0v) is 16.2. The maximum Gasteiger partial charge on any atom is 0.422 e. The fourth-order valence-corrected chi connectivity index (χ4v) is 2.42. The summed E-state index contributed by atoms with van der Waals surface area (Å²) in [6.07, 6.45) is -3.46. The number of ether oxygens (including phenoxy) is 1. The molecular weight excluding hydrogens is 391 g/mol. The number of aryl methyl sites for hydroxylation is 2. The van der Waals surface area contributed by atoms with Gasteiger partial charge in [-0.3, -0.25) is 9.59 Å². The van der Waals surface area contributed by atoms with Crippen molar-refractivity contribution in [3.63, 3.8) is 0 Å². The zero-order valence-electron chi connectivity index (χ0n) is 16.2. The standard InChI is InChI=1S/C18H20F3N5O3/c1-9-5-13(6-15(23-9)26-12(4)27)10(2)25-16(28)14-7-22-17(11(3)24-14)29-8-18(19,20)21/h5-7,10H,8H2,1-4H3,(H,25,28)(H,23,26,27). The number of nitrogens with one attached hydrogen (secondary N) is 2. The molecule has 2 amide bonds. The van der Waals surface area contributed by atoms with E-state index in [1.165, 1.54) is 13.8 Å². The molecule has 0 saturated carbocycles. The molecule has 8 nitrogen and oxygen atoms in total. The van der Waals surface area contributed by atoms with E-state index in [0.717, 1.165) is 6.20 Å². The first-order valence-electron chi connectivity index (χ1n) is 8.55. The Morgan fingerprint density at radius 3 is 2.48 bits per heavy atom. The van der Waals surface area contributed by atoms with Crippen LogP contribution in [0.4, 0.5) is 19.0 Å². The highest BCUT2D eigenvalue weighted by Gasteiger charge is 2.29. The number of hydrogen-bond acceptors (Lipinski definition) is 6. The normalized spacial score (nSPS) is 12.2. The van der Waals surface area contributed by atoms with Crippen LogP contribution in [-0.4, -0.2) is 39.5 Å². The number of aromatic nitrogens is 3. The van der Waals surface area contributed by atoms with Crippen LogP contribution >= 0.6 is 0 Å². The Bertz CT molecular complexity index is 918. The van der Waals surface area contributed by atoms with Crippen molar-refractivity contribution in [2.75, 3.05) is 11.9 Å². The molecule has 0 aliphatic rings. The number of nitrogens with zero attached hydrogens (tertiary/aromatic N) is 3. The monoisotopic (exact) mass is 411 g/mol. The zero-order chi connectivity index (χ0) is 21.8. The van der Waals surface area contributed by atoms with Gasteiger partial charge in [0.1, 0.15) is 17.2 Å². The summed E-state index contributed by atoms with van der Waals surface area (Å²) in [6.45, 7) is 4.73. The smallest absolute Gasteiger partial charge is 0.422 e. The molecule has 0 fully saturated rings. The Labute approximate surface area is 164 Å². The highest BCUT2D eigenvalue weighted by Crippen LogP contribution is 2.20. The predicted molar refractivity (Wildman–Crippen MR) is 97.5 cm³/mol. The molecule has 2 heterocycles. The first-order chi connectivity index (χ1) is 13.4. The number of carbonyl (C=O) groups excluding carboxylic acids is 2. The van der Waals surface area contributed by atoms with Crippen molar-refractivity contribution in [2.45, 2.75) is 39.9 Å². The Balaban J connectivity index is 2.10. The number of hydrogen-bond donors (Lipinski definition) is 2. The number of halogens is 3. The third-order valence-electron chi connectivity index (χ3n) is 3.63. The number of carbonyl (C=O) groups is 2. The summed E-state index contributed by atoms with van der Waals surface area (Å²) in [5.41, 5.74) is 1.34. The van der Waals surface area contributed by atoms with Crippen LogP contribution < -0.4 is 15.4 Å². The van der Waals surface area contributed by atoms with Crippen LogP contribution in [0.15, 0.2) is 18.3 Å². The molecule has 11 heteroatoms. The van der Waals surface area contributed by atoms with Crippen molar-refractivity contribution < 1.29 is 27.5 Å². The number of amides is 2. The van der Waals surface area contributed by atoms with Crippen molar-refractivity contribution in [3.05, 3.63) is 41.0 Å². The molecule has 0 aromatic carbocycles. The average molecular weight is 411 g/mol. The SMILES string of the molecule is CC(=O)Nc1cc(C(C)NC(=O)c2cnc(OCC(F)(F)F)c(C)n2)cc(C)n1. The Morgan fingerprint density at radius 1 is 1.21 bits per heavy atom. The van der Waals surface area contributed by atoms with Crippen LogP contribution in [0.1, 0.15) is 47.3 Å². The first kappa shape index (κ1) is 22.1. The minimum Gasteiger partial charge on any atom is -0.467 e. The first-order valence-corrected chi connectivity index (χ1v) is 8.55. The second-order valence-corrected chi connectivity index (χ2v) is 6.35. The molecule has 156 valence electrons. The van der Waals surface area contributed by atoms with Crippen molar-refractivity contribution >= 4 is 17.6 Å². The van der Waals surface area contributed by atoms with E-state index >= 15 is 0 Å². The number of rotatable bonds is 6. The lowest BCUT2D eigenvalue weighted by atomic mass is 10.1. The van der Waals surface area contributed by atoms with Crippen LogP contribution in [0, 0.1) is 13.8 Å². The Hall–Kier alpha value is -3.24. The van der Waals surface area contributed by atoms with Gasteiger partial charge in [0.05, 0.1) is 12.2 Å². The highest BCUT2D eigenvalue weighted by atomic mass is 19.4. The van der Waals surface area contributed by atoms with Gasteiger partial charge in [0.25, 0.3) is 5.91 Å². The van der Waals surface area contributed by atoms with Crippen LogP contribution in [0.25, 0.3) is 0 Å². The fraction of sp³-hybridized carbons (Fsp3) is 0.389. The molecule has 0 aliphatic carbocycles. The van der Waals surface area contributed by atoms with E-state index in [1.54, 1.807) is 26.0 Å². The molecule has 0 radical (unpaired) electrons. The lowest BCUT2D eigenvalue weighted by Gasteiger charge is -2.16. The third-order valence-corrected chi connectivity index (χ3v) is 3.63. The summed E-state index contributed by atoms with van der Waals surface area (Å²) in [4.78, 5) is 35.5. The van der Waals surface area contributed by atoms with Gasteiger partial charge in [-0.05, 0) is 38.5 Å². The third kappa shape index (κ3) is 6.70. The van der Waals surface area contributed by atoms with Gasteiger partial charge in [-0.15, -0.1) is 0 Å². The van der Waals surface area contributed by atoms with Crippen LogP contribution in [0.5, 0.6) is 5.88 Å². The summed E-state index contributed by atoms with van der Waals surface area (Å²) >= 11 is 0. The molecule has 1 unspecified atom stereocenters. The second-order valence-electron chi connectivity index (χ2n) is 6.35. The molecule has 29 heavy (non-hydrogen) atoms. The summed E-state index contributed by atoms with van der Waals surface area (Å²) in [7, 11) is 0. The largest absolute Gasteiger partial charge is 0.467 e. The lowest BCUT2D eigenvalue weighted by molar-refractivity contribution is -0.154. The molecule has 2 rings (SSSR count). The van der Waals surface area contributed by atoms with Gasteiger partial charge in [0.15, 0.2) is 6.61 Å². The maximum absolute atomic E-state index is 12.4. The van der Waals surface area contributed by atoms with E-state index in [4.69, 9.17) is 0 Å². The van der Waals surface area contributed by atoms with E-state index < -0.39 is 24.7 Å². The van der Waals surface area contributed by atoms with Crippen molar-refractivity contribution in [1.82, 2.24) is 20.3 Å². The predicted octanol–water partition coefficient (Wildman–Crippen LogP) is 2.88. The van der Waals surface area contributed by atoms with E-state index in [-0.39, 0.29) is 23.2 Å². The fourth-order valence-electron chi connectivity index (χ4n) is 2.42. The van der Waals surface area contributed by atoms with Gasteiger partial charge < -0.3 is 15.4 Å². The second kappa shape index (κ2) is 8.84. The van der Waals surface area contributed by atoms with E-state index in [2.05, 4.69) is 30.3 Å². The van der Waals surface area contributed by atoms with E-state index in [9.17, 15) is 22.8 Å². The molecular formula is C18H20F3N5O3. The quantitative estimate of drug-likeness (QED) is 0.757. The maximum atomic E-state index is 12.4. The molecule has 2 aromatic rings. The minimum atomic E-state index is -4.50. The molecule has 0 bridgehead atoms. The average Bonchev–Trinajstić information content (AvgIpc) is 2.58. The topological polar surface area (TPSA) is 106 Å². The molecule has 2 N–H and O–H groups in total. The van der Waals surface area contributed by atoms with Gasteiger partial charge in [0.2, 0.25) is 11.8 Å². The van der Waals surface area contributed by atoms with Gasteiger partial charge >= 0.3 is 6.18 Å². The van der Waals surface area contributed by atoms with E-state index in [1.807, 2.05) is 0 Å². The number of anilines is 1. The minimum absolute atomic E-state index is 0.0576. The number of alkyl halides is 3. The van der Waals surface area contributed by atoms with Gasteiger partial charge in [-0.2, -0.15) is 13.2 Å². The van der Waals surface area contributed by atoms with Crippen molar-refractivity contribution in [2.24, 2.45) is 0 Å². The van der Waals surface area contributed by atoms with Gasteiger partial charge in [-0.1, -0.05) is 0 Å². The molecule has 1 atom stereocenters. The van der Waals surface area contributed by atoms with Crippen molar-refractivity contribution in [1.29, 1.82) is 0 Å². The summed E-state index contributed by atoms with van der Waals surface area (Å²) in [5, 5.41) is 5.30. The van der Waals surface area contributed by atoms with Crippen molar-refractivity contribution in [3.8, 4) is 5.88 Å². The summed E-state index contributed by atoms with van der Waals surface area (Å²) in [5.74, 6) is -0.776. The molecule has 0 spiro atoms. The van der Waals surface area contributed by atoms with Gasteiger partial charge in [-0.25, -0.2) is 15.0 Å². The van der Waals surface area contributed by atoms with Gasteiger partial charge in [0, 0.05) is 12.6 Å². The number of pyridine rings is 1. The summed E-state index contributed by atoms with van der Waals surface area (Å²) < 4.78 is 41.3. The van der Waals surface area contributed by atoms with Crippen LogP contribution in [0.3, 0.4) is 0 Å². The Morgan fingerprint density at radius 2 is 1.90 bits per heavy atom. The lowest BCUT2D eigenvalue weighted by Crippen LogP contribution is -2.28. The molecule has 2 aromatic heterocycles. The van der Waals surface area contributed by atoms with Crippen LogP contribution in [-0.2, 0) is 4.79 Å². The molecule has 0 aliphatic heterocycles. The summed E-state index contributed by atoms with van der Waals surface area (Å²) in [6, 6.07) is 2.92. The van der Waals surface area contributed by atoms with E-state index in [0.29, 0.717) is 17.1 Å². The van der Waals surface area contributed by atoms with Crippen LogP contribution in [0.2, 0.25) is 0 Å². The highest BCUT2D eigenvalue weighted by molar-refractivity contribution is 5.92. The molecule has 0 saturated heterocycles.